The number of imide groups is 1. The standard InChI is InChI=1S/C14H16Cl4N4O6/c15-9-7-8(10(16)12(18)11(9)17)14(24)20(13(7)23)19-5-2-1-4(21(25)26)3-6(5)22(27)28/h4-12,19H,1-3H2/t4-,5-,6-,7-,8-,9-,10+,11-,12+/m1/s1. The molecule has 1 N–H and O–H groups in total. The van der Waals surface area contributed by atoms with Crippen molar-refractivity contribution in [2.75, 3.05) is 0 Å². The molecule has 156 valence electrons. The molecule has 1 saturated heterocycles. The van der Waals surface area contributed by atoms with Crippen molar-refractivity contribution >= 4 is 58.2 Å². The van der Waals surface area contributed by atoms with Gasteiger partial charge in [0.2, 0.25) is 23.9 Å². The van der Waals surface area contributed by atoms with Gasteiger partial charge < -0.3 is 0 Å². The molecule has 0 aromatic heterocycles. The highest BCUT2D eigenvalue weighted by Crippen LogP contribution is 2.46. The van der Waals surface area contributed by atoms with E-state index in [1.54, 1.807) is 0 Å². The van der Waals surface area contributed by atoms with Gasteiger partial charge in [0, 0.05) is 16.3 Å². The zero-order valence-electron chi connectivity index (χ0n) is 14.1. The van der Waals surface area contributed by atoms with Crippen LogP contribution in [-0.2, 0) is 9.59 Å². The number of alkyl halides is 4. The molecule has 3 aliphatic rings. The van der Waals surface area contributed by atoms with E-state index in [9.17, 15) is 29.8 Å². The van der Waals surface area contributed by atoms with E-state index in [1.165, 1.54) is 0 Å². The van der Waals surface area contributed by atoms with Crippen LogP contribution in [0.25, 0.3) is 0 Å². The van der Waals surface area contributed by atoms with E-state index >= 15 is 0 Å². The van der Waals surface area contributed by atoms with Gasteiger partial charge in [-0.2, -0.15) is 0 Å². The summed E-state index contributed by atoms with van der Waals surface area (Å²) < 4.78 is 0. The average molecular weight is 478 g/mol. The molecule has 0 unspecified atom stereocenters. The Morgan fingerprint density at radius 1 is 0.857 bits per heavy atom. The molecular formula is C14H16Cl4N4O6. The molecule has 3 fully saturated rings. The van der Waals surface area contributed by atoms with Gasteiger partial charge in [-0.1, -0.05) is 0 Å². The first-order valence-electron chi connectivity index (χ1n) is 8.53. The first kappa shape index (κ1) is 21.8. The number of carbonyl (C=O) groups excluding carboxylic acids is 2. The Labute approximate surface area is 179 Å². The number of hydrazine groups is 1. The highest BCUT2D eigenvalue weighted by atomic mass is 35.5. The Balaban J connectivity index is 1.81. The molecule has 0 bridgehead atoms. The van der Waals surface area contributed by atoms with Crippen LogP contribution >= 0.6 is 46.4 Å². The van der Waals surface area contributed by atoms with Crippen molar-refractivity contribution in [2.24, 2.45) is 11.8 Å². The molecule has 2 aliphatic carbocycles. The molecule has 9 atom stereocenters. The quantitative estimate of drug-likeness (QED) is 0.279. The van der Waals surface area contributed by atoms with Gasteiger partial charge >= 0.3 is 0 Å². The van der Waals surface area contributed by atoms with Crippen molar-refractivity contribution in [2.45, 2.75) is 58.9 Å². The van der Waals surface area contributed by atoms with E-state index in [0.29, 0.717) is 5.01 Å². The Morgan fingerprint density at radius 3 is 1.79 bits per heavy atom. The van der Waals surface area contributed by atoms with E-state index in [4.69, 9.17) is 46.4 Å². The number of nitrogens with one attached hydrogen (secondary N) is 1. The Kier molecular flexibility index (Phi) is 6.26. The zero-order chi connectivity index (χ0) is 20.9. The maximum absolute atomic E-state index is 12.8. The van der Waals surface area contributed by atoms with E-state index in [-0.39, 0.29) is 19.3 Å². The van der Waals surface area contributed by atoms with Crippen molar-refractivity contribution in [3.8, 4) is 0 Å². The van der Waals surface area contributed by atoms with Crippen molar-refractivity contribution in [1.82, 2.24) is 10.4 Å². The molecule has 2 saturated carbocycles. The van der Waals surface area contributed by atoms with Crippen LogP contribution < -0.4 is 5.43 Å². The third kappa shape index (κ3) is 3.54. The predicted octanol–water partition coefficient (Wildman–Crippen LogP) is 1.38. The third-order valence-electron chi connectivity index (χ3n) is 5.65. The molecule has 28 heavy (non-hydrogen) atoms. The lowest BCUT2D eigenvalue weighted by molar-refractivity contribution is -0.570. The molecule has 1 heterocycles. The molecular weight excluding hydrogens is 462 g/mol. The minimum atomic E-state index is -1.33. The fourth-order valence-corrected chi connectivity index (χ4v) is 5.74. The minimum absolute atomic E-state index is 0.0502. The largest absolute Gasteiger partial charge is 0.273 e. The summed E-state index contributed by atoms with van der Waals surface area (Å²) in [7, 11) is 0. The fraction of sp³-hybridized carbons (Fsp3) is 0.857. The van der Waals surface area contributed by atoms with Crippen LogP contribution in [0.3, 0.4) is 0 Å². The molecule has 2 amide bonds. The van der Waals surface area contributed by atoms with Crippen molar-refractivity contribution in [1.29, 1.82) is 0 Å². The van der Waals surface area contributed by atoms with Gasteiger partial charge in [-0.05, 0) is 6.42 Å². The summed E-state index contributed by atoms with van der Waals surface area (Å²) in [6.07, 6.45) is -0.166. The maximum Gasteiger partial charge on any atom is 0.249 e. The lowest BCUT2D eigenvalue weighted by atomic mass is 9.79. The van der Waals surface area contributed by atoms with Gasteiger partial charge in [0.1, 0.15) is 0 Å². The summed E-state index contributed by atoms with van der Waals surface area (Å²) in [5.74, 6) is -3.39. The first-order valence-corrected chi connectivity index (χ1v) is 10.3. The van der Waals surface area contributed by atoms with Gasteiger partial charge in [0.05, 0.1) is 45.8 Å². The number of hydrogen-bond acceptors (Lipinski definition) is 7. The number of amides is 2. The lowest BCUT2D eigenvalue weighted by Crippen LogP contribution is -2.57. The second kappa shape index (κ2) is 8.06. The number of nitro groups is 2. The maximum atomic E-state index is 12.8. The summed E-state index contributed by atoms with van der Waals surface area (Å²) in [5.41, 5.74) is 2.60. The fourth-order valence-electron chi connectivity index (χ4n) is 4.12. The normalized spacial score (nSPS) is 43.7. The summed E-state index contributed by atoms with van der Waals surface area (Å²) >= 11 is 24.8. The number of carbonyl (C=O) groups is 2. The molecule has 10 nitrogen and oxygen atoms in total. The summed E-state index contributed by atoms with van der Waals surface area (Å²) in [6, 6.07) is -3.30. The van der Waals surface area contributed by atoms with E-state index in [2.05, 4.69) is 5.43 Å². The summed E-state index contributed by atoms with van der Waals surface area (Å²) in [4.78, 5) is 46.8. The molecule has 0 spiro atoms. The molecule has 0 radical (unpaired) electrons. The van der Waals surface area contributed by atoms with Crippen LogP contribution in [0.5, 0.6) is 0 Å². The van der Waals surface area contributed by atoms with Gasteiger partial charge in [0.25, 0.3) is 0 Å². The van der Waals surface area contributed by atoms with Gasteiger partial charge in [0.15, 0.2) is 0 Å². The Hall–Kier alpha value is -0.940. The molecule has 3 rings (SSSR count). The van der Waals surface area contributed by atoms with E-state index in [0.717, 1.165) is 0 Å². The van der Waals surface area contributed by atoms with Crippen LogP contribution in [0.4, 0.5) is 0 Å². The van der Waals surface area contributed by atoms with Gasteiger partial charge in [-0.25, -0.2) is 10.4 Å². The first-order chi connectivity index (χ1) is 13.1. The molecule has 0 aromatic rings. The van der Waals surface area contributed by atoms with Crippen LogP contribution in [0.15, 0.2) is 0 Å². The number of halogens is 4. The van der Waals surface area contributed by atoms with Gasteiger partial charge in [-0.3, -0.25) is 29.8 Å². The van der Waals surface area contributed by atoms with E-state index < -0.39 is 73.1 Å². The number of hydrogen-bond donors (Lipinski definition) is 1. The smallest absolute Gasteiger partial charge is 0.249 e. The van der Waals surface area contributed by atoms with Crippen LogP contribution in [-0.4, -0.2) is 66.3 Å². The Bertz CT molecular complexity index is 681. The molecule has 14 heteroatoms. The highest BCUT2D eigenvalue weighted by Gasteiger charge is 2.61. The van der Waals surface area contributed by atoms with Crippen LogP contribution in [0, 0.1) is 32.1 Å². The monoisotopic (exact) mass is 476 g/mol. The number of nitrogens with zero attached hydrogens (tertiary/aromatic N) is 3. The van der Waals surface area contributed by atoms with Gasteiger partial charge in [-0.15, -0.1) is 46.4 Å². The molecule has 0 aromatic carbocycles. The lowest BCUT2D eigenvalue weighted by Gasteiger charge is -2.37. The van der Waals surface area contributed by atoms with Crippen LogP contribution in [0.2, 0.25) is 0 Å². The third-order valence-corrected chi connectivity index (χ3v) is 8.21. The summed E-state index contributed by atoms with van der Waals surface area (Å²) in [5, 5.41) is 19.5. The van der Waals surface area contributed by atoms with Crippen LogP contribution in [0.1, 0.15) is 19.3 Å². The van der Waals surface area contributed by atoms with Crippen molar-refractivity contribution < 1.29 is 19.4 Å². The second-order valence-electron chi connectivity index (χ2n) is 7.18. The highest BCUT2D eigenvalue weighted by molar-refractivity contribution is 6.40. The minimum Gasteiger partial charge on any atom is -0.273 e. The second-order valence-corrected chi connectivity index (χ2v) is 9.20. The topological polar surface area (TPSA) is 136 Å². The molecule has 1 aliphatic heterocycles. The van der Waals surface area contributed by atoms with Crippen molar-refractivity contribution in [3.63, 3.8) is 0 Å². The number of fused-ring (bicyclic) bond motifs is 1. The zero-order valence-corrected chi connectivity index (χ0v) is 17.1. The van der Waals surface area contributed by atoms with E-state index in [1.807, 2.05) is 0 Å². The van der Waals surface area contributed by atoms with Crippen molar-refractivity contribution in [3.05, 3.63) is 20.2 Å². The SMILES string of the molecule is O=C1[C@H]2[C@H](Cl)[C@H](Cl)[C@H](Cl)[C@H](Cl)[C@@H]2C(=O)N1N[C@@H]1CC[C@@H]([N+](=O)[O-])C[C@H]1[N+](=O)[O-]. The average Bonchev–Trinajstić information content (AvgIpc) is 2.89. The number of rotatable bonds is 4. The Morgan fingerprint density at radius 2 is 1.36 bits per heavy atom. The summed E-state index contributed by atoms with van der Waals surface area (Å²) in [6.45, 7) is 0. The predicted molar refractivity (Wildman–Crippen MR) is 99.7 cm³/mol.